The Morgan fingerprint density at radius 1 is 1.08 bits per heavy atom. The number of aromatic nitrogens is 3. The van der Waals surface area contributed by atoms with Gasteiger partial charge in [0, 0.05) is 36.6 Å². The number of pyridine rings is 1. The second kappa shape index (κ2) is 6.09. The van der Waals surface area contributed by atoms with Gasteiger partial charge < -0.3 is 9.67 Å². The van der Waals surface area contributed by atoms with Crippen LogP contribution in [0, 0.1) is 0 Å². The topological polar surface area (TPSA) is 60.1 Å². The highest BCUT2D eigenvalue weighted by molar-refractivity contribution is 5.82. The number of aliphatic hydroxyl groups is 1. The first-order valence-electron chi connectivity index (χ1n) is 7.85. The molecule has 5 heteroatoms. The van der Waals surface area contributed by atoms with Gasteiger partial charge in [-0.3, -0.25) is 9.48 Å². The summed E-state index contributed by atoms with van der Waals surface area (Å²) in [5, 5.41) is 14.3. The molecule has 0 saturated heterocycles. The maximum Gasteiger partial charge on any atom is 0.250 e. The van der Waals surface area contributed by atoms with Crippen molar-refractivity contribution in [2.45, 2.75) is 26.0 Å². The van der Waals surface area contributed by atoms with E-state index in [1.165, 1.54) is 0 Å². The van der Waals surface area contributed by atoms with Gasteiger partial charge in [0.05, 0.1) is 18.3 Å². The van der Waals surface area contributed by atoms with Crippen LogP contribution in [0.1, 0.15) is 13.8 Å². The molecule has 124 valence electrons. The van der Waals surface area contributed by atoms with E-state index < -0.39 is 5.60 Å². The molecule has 0 amide bonds. The van der Waals surface area contributed by atoms with E-state index in [1.54, 1.807) is 42.4 Å². The molecule has 0 atom stereocenters. The lowest BCUT2D eigenvalue weighted by molar-refractivity contribution is 0.0577. The third-order valence-corrected chi connectivity index (χ3v) is 3.81. The first-order valence-corrected chi connectivity index (χ1v) is 7.85. The van der Waals surface area contributed by atoms with Crippen LogP contribution >= 0.6 is 0 Å². The van der Waals surface area contributed by atoms with E-state index in [0.29, 0.717) is 6.54 Å². The van der Waals surface area contributed by atoms with Gasteiger partial charge in [-0.1, -0.05) is 30.3 Å². The molecule has 0 spiro atoms. The number of benzene rings is 1. The van der Waals surface area contributed by atoms with Gasteiger partial charge in [0.2, 0.25) is 0 Å². The first kappa shape index (κ1) is 16.2. The molecule has 0 aliphatic heterocycles. The molecule has 0 fully saturated rings. The van der Waals surface area contributed by atoms with Gasteiger partial charge in [-0.2, -0.15) is 5.10 Å². The van der Waals surface area contributed by atoms with Crippen LogP contribution in [0.5, 0.6) is 0 Å². The van der Waals surface area contributed by atoms with Crippen molar-refractivity contribution in [1.82, 2.24) is 14.3 Å². The van der Waals surface area contributed by atoms with Gasteiger partial charge in [-0.15, -0.1) is 0 Å². The van der Waals surface area contributed by atoms with E-state index in [4.69, 9.17) is 0 Å². The van der Waals surface area contributed by atoms with Crippen molar-refractivity contribution in [2.75, 3.05) is 0 Å². The fraction of sp³-hybridized carbons (Fsp3) is 0.263. The fourth-order valence-corrected chi connectivity index (χ4v) is 2.70. The molecule has 2 aromatic heterocycles. The Hall–Kier alpha value is -2.66. The van der Waals surface area contributed by atoms with Crippen molar-refractivity contribution in [3.63, 3.8) is 0 Å². The number of aryl methyl sites for hydroxylation is 1. The van der Waals surface area contributed by atoms with Crippen LogP contribution in [0.25, 0.3) is 22.3 Å². The Morgan fingerprint density at radius 3 is 2.46 bits per heavy atom. The number of hydrogen-bond acceptors (Lipinski definition) is 3. The van der Waals surface area contributed by atoms with Gasteiger partial charge >= 0.3 is 0 Å². The number of hydrogen-bond donors (Lipinski definition) is 1. The minimum Gasteiger partial charge on any atom is -0.389 e. The molecular weight excluding hydrogens is 302 g/mol. The average molecular weight is 323 g/mol. The number of rotatable bonds is 4. The van der Waals surface area contributed by atoms with E-state index in [2.05, 4.69) is 5.10 Å². The molecule has 1 N–H and O–H groups in total. The van der Waals surface area contributed by atoms with Gasteiger partial charge in [-0.25, -0.2) is 0 Å². The largest absolute Gasteiger partial charge is 0.389 e. The molecule has 3 aromatic rings. The predicted octanol–water partition coefficient (Wildman–Crippen LogP) is 2.69. The Morgan fingerprint density at radius 2 is 1.79 bits per heavy atom. The zero-order valence-corrected chi connectivity index (χ0v) is 14.1. The second-order valence-corrected chi connectivity index (χ2v) is 6.65. The summed E-state index contributed by atoms with van der Waals surface area (Å²) in [6.07, 6.45) is 5.48. The first-order chi connectivity index (χ1) is 11.3. The summed E-state index contributed by atoms with van der Waals surface area (Å²) in [5.74, 6) is 0. The highest BCUT2D eigenvalue weighted by Gasteiger charge is 2.16. The normalized spacial score (nSPS) is 11.7. The van der Waals surface area contributed by atoms with Crippen molar-refractivity contribution in [3.8, 4) is 22.3 Å². The molecule has 0 radical (unpaired) electrons. The molecule has 0 bridgehead atoms. The van der Waals surface area contributed by atoms with Crippen LogP contribution in [-0.4, -0.2) is 25.1 Å². The smallest absolute Gasteiger partial charge is 0.250 e. The van der Waals surface area contributed by atoms with E-state index in [-0.39, 0.29) is 5.56 Å². The summed E-state index contributed by atoms with van der Waals surface area (Å²) >= 11 is 0. The highest BCUT2D eigenvalue weighted by atomic mass is 16.3. The van der Waals surface area contributed by atoms with Crippen LogP contribution in [-0.2, 0) is 13.6 Å². The van der Waals surface area contributed by atoms with Crippen LogP contribution in [0.15, 0.2) is 59.8 Å². The summed E-state index contributed by atoms with van der Waals surface area (Å²) < 4.78 is 3.28. The lowest BCUT2D eigenvalue weighted by atomic mass is 9.98. The second-order valence-electron chi connectivity index (χ2n) is 6.65. The van der Waals surface area contributed by atoms with E-state index in [0.717, 1.165) is 22.3 Å². The van der Waals surface area contributed by atoms with Gasteiger partial charge in [0.25, 0.3) is 5.56 Å². The quantitative estimate of drug-likeness (QED) is 0.803. The van der Waals surface area contributed by atoms with Gasteiger partial charge in [0.1, 0.15) is 0 Å². The third kappa shape index (κ3) is 3.46. The van der Waals surface area contributed by atoms with E-state index in [9.17, 15) is 9.90 Å². The average Bonchev–Trinajstić information content (AvgIpc) is 2.96. The molecule has 0 unspecified atom stereocenters. The molecular formula is C19H21N3O2. The van der Waals surface area contributed by atoms with Crippen molar-refractivity contribution < 1.29 is 5.11 Å². The Balaban J connectivity index is 2.11. The summed E-state index contributed by atoms with van der Waals surface area (Å²) in [4.78, 5) is 12.1. The molecule has 5 nitrogen and oxygen atoms in total. The van der Waals surface area contributed by atoms with Gasteiger partial charge in [-0.05, 0) is 25.0 Å². The summed E-state index contributed by atoms with van der Waals surface area (Å²) in [6.45, 7) is 3.89. The predicted molar refractivity (Wildman–Crippen MR) is 94.6 cm³/mol. The van der Waals surface area contributed by atoms with Crippen molar-refractivity contribution >= 4 is 0 Å². The standard InChI is InChI=1S/C19H21N3O2/c1-19(2,24)13-22-11-15(10-20-22)17-12-21(3)18(23)9-16(17)14-7-5-4-6-8-14/h4-12,24H,13H2,1-3H3. The summed E-state index contributed by atoms with van der Waals surface area (Å²) in [6, 6.07) is 11.5. The molecule has 24 heavy (non-hydrogen) atoms. The monoisotopic (exact) mass is 323 g/mol. The molecule has 1 aromatic carbocycles. The molecule has 0 aliphatic rings. The lowest BCUT2D eigenvalue weighted by Gasteiger charge is -2.16. The minimum absolute atomic E-state index is 0.0542. The SMILES string of the molecule is Cn1cc(-c2cnn(CC(C)(C)O)c2)c(-c2ccccc2)cc1=O. The van der Waals surface area contributed by atoms with Crippen LogP contribution in [0.4, 0.5) is 0 Å². The Kier molecular flexibility index (Phi) is 4.11. The van der Waals surface area contributed by atoms with Crippen molar-refractivity contribution in [1.29, 1.82) is 0 Å². The third-order valence-electron chi connectivity index (χ3n) is 3.81. The molecule has 2 heterocycles. The fourth-order valence-electron chi connectivity index (χ4n) is 2.70. The van der Waals surface area contributed by atoms with E-state index in [1.807, 2.05) is 42.7 Å². The maximum absolute atomic E-state index is 12.1. The van der Waals surface area contributed by atoms with Crippen molar-refractivity contribution in [2.24, 2.45) is 7.05 Å². The zero-order chi connectivity index (χ0) is 17.3. The molecule has 3 rings (SSSR count). The zero-order valence-electron chi connectivity index (χ0n) is 14.1. The van der Waals surface area contributed by atoms with Crippen LogP contribution in [0.2, 0.25) is 0 Å². The highest BCUT2D eigenvalue weighted by Crippen LogP contribution is 2.30. The summed E-state index contributed by atoms with van der Waals surface area (Å²) in [5.41, 5.74) is 2.82. The van der Waals surface area contributed by atoms with Crippen LogP contribution in [0.3, 0.4) is 0 Å². The number of nitrogens with zero attached hydrogens (tertiary/aromatic N) is 3. The molecule has 0 aliphatic carbocycles. The van der Waals surface area contributed by atoms with E-state index >= 15 is 0 Å². The van der Waals surface area contributed by atoms with Crippen LogP contribution < -0.4 is 5.56 Å². The van der Waals surface area contributed by atoms with Gasteiger partial charge in [0.15, 0.2) is 0 Å². The Bertz CT molecular complexity index is 902. The maximum atomic E-state index is 12.1. The lowest BCUT2D eigenvalue weighted by Crippen LogP contribution is -2.26. The Labute approximate surface area is 140 Å². The van der Waals surface area contributed by atoms with Crippen molar-refractivity contribution in [3.05, 3.63) is 65.3 Å². The minimum atomic E-state index is -0.838. The molecule has 0 saturated carbocycles. The summed E-state index contributed by atoms with van der Waals surface area (Å²) in [7, 11) is 1.74.